The molecule has 0 radical (unpaired) electrons. The van der Waals surface area contributed by atoms with Crippen molar-refractivity contribution in [2.24, 2.45) is 5.10 Å². The number of amides is 1. The van der Waals surface area contributed by atoms with Crippen molar-refractivity contribution in [1.29, 1.82) is 0 Å². The Morgan fingerprint density at radius 1 is 1.13 bits per heavy atom. The number of carboxylic acid groups (broad SMARTS) is 1. The minimum atomic E-state index is -1.03. The van der Waals surface area contributed by atoms with Crippen molar-refractivity contribution in [2.45, 2.75) is 20.8 Å². The van der Waals surface area contributed by atoms with Crippen molar-refractivity contribution >= 4 is 61.2 Å². The van der Waals surface area contributed by atoms with Crippen LogP contribution in [0.4, 0.5) is 5.69 Å². The van der Waals surface area contributed by atoms with E-state index in [1.807, 2.05) is 13.8 Å². The molecule has 0 aromatic heterocycles. The fourth-order valence-electron chi connectivity index (χ4n) is 3.01. The van der Waals surface area contributed by atoms with E-state index < -0.39 is 5.97 Å². The first-order valence-corrected chi connectivity index (χ1v) is 11.1. The fraction of sp³-hybridized carbons (Fsp3) is 0.227. The van der Waals surface area contributed by atoms with E-state index in [4.69, 9.17) is 14.6 Å². The number of hydrogen-bond donors (Lipinski definition) is 1. The maximum atomic E-state index is 13.1. The van der Waals surface area contributed by atoms with Gasteiger partial charge in [-0.25, -0.2) is 4.79 Å². The summed E-state index contributed by atoms with van der Waals surface area (Å²) in [6, 6.07) is 7.79. The van der Waals surface area contributed by atoms with Crippen LogP contribution >= 0.6 is 31.9 Å². The van der Waals surface area contributed by atoms with Crippen LogP contribution in [0.15, 0.2) is 50.0 Å². The molecule has 0 atom stereocenters. The average molecular weight is 552 g/mol. The minimum Gasteiger partial charge on any atom is -0.490 e. The molecule has 0 unspecified atom stereocenters. The lowest BCUT2D eigenvalue weighted by Crippen LogP contribution is -2.21. The predicted octanol–water partition coefficient (Wildman–Crippen LogP) is 5.51. The standard InChI is InChI=1S/C22H20Br2N2O5/c1-4-30-17-11-14(18(23)19(24)20(17)31-5-2)10-16-12(3)25-26(21(16)27)15-8-6-13(7-9-15)22(28)29/h6-11H,4-5H2,1-3H3,(H,28,29)/b16-10+. The summed E-state index contributed by atoms with van der Waals surface area (Å²) in [6.45, 7) is 6.46. The van der Waals surface area contributed by atoms with E-state index in [1.54, 1.807) is 31.2 Å². The smallest absolute Gasteiger partial charge is 0.335 e. The summed E-state index contributed by atoms with van der Waals surface area (Å²) in [5.74, 6) is -0.194. The molecular weight excluding hydrogens is 532 g/mol. The molecule has 0 spiro atoms. The van der Waals surface area contributed by atoms with Gasteiger partial charge in [0.2, 0.25) is 0 Å². The summed E-state index contributed by atoms with van der Waals surface area (Å²) in [4.78, 5) is 24.1. The van der Waals surface area contributed by atoms with Gasteiger partial charge < -0.3 is 14.6 Å². The van der Waals surface area contributed by atoms with Crippen LogP contribution in [0.25, 0.3) is 6.08 Å². The summed E-state index contributed by atoms with van der Waals surface area (Å²) in [5, 5.41) is 14.7. The fourth-order valence-corrected chi connectivity index (χ4v) is 3.96. The Balaban J connectivity index is 1.99. The van der Waals surface area contributed by atoms with Gasteiger partial charge in [-0.05, 0) is 94.6 Å². The van der Waals surface area contributed by atoms with Crippen LogP contribution in [-0.4, -0.2) is 35.9 Å². The summed E-state index contributed by atoms with van der Waals surface area (Å²) in [6.07, 6.45) is 1.74. The number of halogens is 2. The average Bonchev–Trinajstić information content (AvgIpc) is 3.03. The molecule has 31 heavy (non-hydrogen) atoms. The summed E-state index contributed by atoms with van der Waals surface area (Å²) in [7, 11) is 0. The monoisotopic (exact) mass is 550 g/mol. The van der Waals surface area contributed by atoms with Crippen molar-refractivity contribution in [3.8, 4) is 11.5 Å². The van der Waals surface area contributed by atoms with Crippen LogP contribution < -0.4 is 14.5 Å². The van der Waals surface area contributed by atoms with Gasteiger partial charge in [0, 0.05) is 4.47 Å². The van der Waals surface area contributed by atoms with Crippen LogP contribution in [0.5, 0.6) is 11.5 Å². The van der Waals surface area contributed by atoms with Crippen LogP contribution in [0.2, 0.25) is 0 Å². The maximum Gasteiger partial charge on any atom is 0.335 e. The molecule has 0 bridgehead atoms. The number of hydrazone groups is 1. The molecule has 1 aliphatic rings. The third kappa shape index (κ3) is 4.67. The summed E-state index contributed by atoms with van der Waals surface area (Å²) >= 11 is 7.11. The first kappa shape index (κ1) is 23.0. The van der Waals surface area contributed by atoms with E-state index in [2.05, 4.69) is 37.0 Å². The zero-order valence-corrected chi connectivity index (χ0v) is 20.3. The Morgan fingerprint density at radius 3 is 2.35 bits per heavy atom. The number of benzene rings is 2. The Labute approximate surface area is 196 Å². The number of hydrogen-bond acceptors (Lipinski definition) is 5. The lowest BCUT2D eigenvalue weighted by molar-refractivity contribution is -0.114. The molecule has 162 valence electrons. The van der Waals surface area contributed by atoms with Crippen molar-refractivity contribution in [3.05, 3.63) is 56.0 Å². The Bertz CT molecular complexity index is 1090. The van der Waals surface area contributed by atoms with E-state index >= 15 is 0 Å². The van der Waals surface area contributed by atoms with Gasteiger partial charge in [-0.2, -0.15) is 10.1 Å². The molecule has 0 saturated heterocycles. The number of nitrogens with zero attached hydrogens (tertiary/aromatic N) is 2. The Morgan fingerprint density at radius 2 is 1.77 bits per heavy atom. The van der Waals surface area contributed by atoms with Crippen molar-refractivity contribution < 1.29 is 24.2 Å². The van der Waals surface area contributed by atoms with Gasteiger partial charge in [-0.3, -0.25) is 4.79 Å². The zero-order valence-electron chi connectivity index (χ0n) is 17.1. The maximum absolute atomic E-state index is 13.1. The highest BCUT2D eigenvalue weighted by atomic mass is 79.9. The molecule has 0 aliphatic carbocycles. The molecule has 2 aromatic rings. The third-order valence-electron chi connectivity index (χ3n) is 4.47. The van der Waals surface area contributed by atoms with Gasteiger partial charge in [0.1, 0.15) is 0 Å². The van der Waals surface area contributed by atoms with E-state index in [1.165, 1.54) is 17.1 Å². The Hall–Kier alpha value is -2.65. The van der Waals surface area contributed by atoms with Crippen LogP contribution in [0.1, 0.15) is 36.7 Å². The highest BCUT2D eigenvalue weighted by Crippen LogP contribution is 2.44. The third-order valence-corrected chi connectivity index (χ3v) is 6.61. The molecule has 7 nitrogen and oxygen atoms in total. The van der Waals surface area contributed by atoms with E-state index in [0.29, 0.717) is 46.2 Å². The van der Waals surface area contributed by atoms with Crippen LogP contribution in [0, 0.1) is 0 Å². The normalized spacial score (nSPS) is 14.7. The molecule has 1 amide bonds. The van der Waals surface area contributed by atoms with E-state index in [-0.39, 0.29) is 11.5 Å². The second-order valence-electron chi connectivity index (χ2n) is 6.50. The number of carbonyl (C=O) groups is 2. The highest BCUT2D eigenvalue weighted by Gasteiger charge is 2.29. The van der Waals surface area contributed by atoms with E-state index in [9.17, 15) is 9.59 Å². The second kappa shape index (κ2) is 9.65. The molecule has 2 aromatic carbocycles. The van der Waals surface area contributed by atoms with Crippen molar-refractivity contribution in [3.63, 3.8) is 0 Å². The topological polar surface area (TPSA) is 88.4 Å². The summed E-state index contributed by atoms with van der Waals surface area (Å²) < 4.78 is 12.8. The van der Waals surface area contributed by atoms with Crippen LogP contribution in [0.3, 0.4) is 0 Å². The lowest BCUT2D eigenvalue weighted by atomic mass is 10.1. The van der Waals surface area contributed by atoms with Gasteiger partial charge in [0.15, 0.2) is 11.5 Å². The Kier molecular flexibility index (Phi) is 7.17. The number of carbonyl (C=O) groups excluding carboxylic acids is 1. The quantitative estimate of drug-likeness (QED) is 0.458. The zero-order chi connectivity index (χ0) is 22.7. The number of ether oxygens (including phenoxy) is 2. The van der Waals surface area contributed by atoms with Gasteiger partial charge in [-0.15, -0.1) is 0 Å². The molecule has 0 saturated carbocycles. The molecule has 1 heterocycles. The largest absolute Gasteiger partial charge is 0.490 e. The van der Waals surface area contributed by atoms with Gasteiger partial charge >= 0.3 is 5.97 Å². The minimum absolute atomic E-state index is 0.137. The molecule has 1 N–H and O–H groups in total. The number of anilines is 1. The van der Waals surface area contributed by atoms with Gasteiger partial charge in [-0.1, -0.05) is 0 Å². The molecule has 0 fully saturated rings. The molecule has 1 aliphatic heterocycles. The molecule has 9 heteroatoms. The SMILES string of the molecule is CCOc1cc(/C=C2/C(=O)N(c3ccc(C(=O)O)cc3)N=C2C)c(Br)c(Br)c1OCC. The number of aromatic carboxylic acids is 1. The predicted molar refractivity (Wildman–Crippen MR) is 126 cm³/mol. The summed E-state index contributed by atoms with van der Waals surface area (Å²) in [5.41, 5.74) is 2.31. The first-order chi connectivity index (χ1) is 14.8. The van der Waals surface area contributed by atoms with Crippen molar-refractivity contribution in [1.82, 2.24) is 0 Å². The number of carboxylic acids is 1. The number of rotatable bonds is 7. The lowest BCUT2D eigenvalue weighted by Gasteiger charge is -2.16. The van der Waals surface area contributed by atoms with E-state index in [0.717, 1.165) is 10.0 Å². The molecule has 3 rings (SSSR count). The second-order valence-corrected chi connectivity index (χ2v) is 8.09. The van der Waals surface area contributed by atoms with Gasteiger partial charge in [0.05, 0.1) is 40.2 Å². The first-order valence-electron chi connectivity index (χ1n) is 9.51. The molecular formula is C22H20Br2N2O5. The highest BCUT2D eigenvalue weighted by molar-refractivity contribution is 9.13. The van der Waals surface area contributed by atoms with Gasteiger partial charge in [0.25, 0.3) is 5.91 Å². The van der Waals surface area contributed by atoms with Crippen LogP contribution in [-0.2, 0) is 4.79 Å². The van der Waals surface area contributed by atoms with Crippen molar-refractivity contribution in [2.75, 3.05) is 18.2 Å².